The number of carbonyl (C=O) groups is 1. The summed E-state index contributed by atoms with van der Waals surface area (Å²) in [4.78, 5) is 19.0. The molecule has 0 aliphatic carbocycles. The molecule has 0 spiro atoms. The minimum Gasteiger partial charge on any atom is -0.384 e. The molecule has 146 valence electrons. The van der Waals surface area contributed by atoms with Crippen molar-refractivity contribution in [1.82, 2.24) is 24.6 Å². The number of likely N-dealkylation sites (tertiary alicyclic amines) is 1. The first-order chi connectivity index (χ1) is 13.2. The van der Waals surface area contributed by atoms with Crippen LogP contribution in [0.3, 0.4) is 0 Å². The zero-order chi connectivity index (χ0) is 19.1. The van der Waals surface area contributed by atoms with E-state index in [2.05, 4.69) is 27.4 Å². The molecule has 2 aromatic heterocycles. The number of piperidine rings is 1. The van der Waals surface area contributed by atoms with E-state index in [1.54, 1.807) is 19.6 Å². The summed E-state index contributed by atoms with van der Waals surface area (Å²) >= 11 is 0. The molecule has 2 aromatic rings. The topological polar surface area (TPSA) is 85.2 Å². The summed E-state index contributed by atoms with van der Waals surface area (Å²) in [7, 11) is 1.71. The van der Waals surface area contributed by atoms with E-state index >= 15 is 0 Å². The molecule has 1 aliphatic rings. The van der Waals surface area contributed by atoms with Crippen LogP contribution in [0.15, 0.2) is 24.7 Å². The van der Waals surface area contributed by atoms with Gasteiger partial charge in [-0.15, -0.1) is 10.2 Å². The molecule has 0 unspecified atom stereocenters. The van der Waals surface area contributed by atoms with E-state index in [4.69, 9.17) is 4.74 Å². The van der Waals surface area contributed by atoms with Crippen LogP contribution in [-0.4, -0.2) is 63.9 Å². The lowest BCUT2D eigenvalue weighted by Gasteiger charge is -2.32. The smallest absolute Gasteiger partial charge is 0.255 e. The van der Waals surface area contributed by atoms with Gasteiger partial charge in [0.05, 0.1) is 12.2 Å². The molecule has 0 bridgehead atoms. The molecular weight excluding hydrogens is 344 g/mol. The first kappa shape index (κ1) is 19.3. The lowest BCUT2D eigenvalue weighted by Crippen LogP contribution is -2.41. The van der Waals surface area contributed by atoms with E-state index in [1.807, 2.05) is 21.6 Å². The number of nitrogens with one attached hydrogen (secondary N) is 1. The first-order valence-corrected chi connectivity index (χ1v) is 9.56. The van der Waals surface area contributed by atoms with Gasteiger partial charge >= 0.3 is 0 Å². The monoisotopic (exact) mass is 372 g/mol. The molecule has 1 saturated heterocycles. The molecule has 1 atom stereocenters. The van der Waals surface area contributed by atoms with Crippen LogP contribution in [0.25, 0.3) is 0 Å². The van der Waals surface area contributed by atoms with Crippen LogP contribution in [0.2, 0.25) is 0 Å². The highest BCUT2D eigenvalue weighted by Gasteiger charge is 2.24. The largest absolute Gasteiger partial charge is 0.384 e. The molecule has 1 fully saturated rings. The second kappa shape index (κ2) is 9.45. The molecule has 3 rings (SSSR count). The summed E-state index contributed by atoms with van der Waals surface area (Å²) in [5.74, 6) is 2.18. The van der Waals surface area contributed by atoms with Crippen molar-refractivity contribution in [2.24, 2.45) is 5.92 Å². The average Bonchev–Trinajstić information content (AvgIpc) is 3.16. The van der Waals surface area contributed by atoms with Crippen LogP contribution in [0.4, 0.5) is 5.82 Å². The zero-order valence-corrected chi connectivity index (χ0v) is 16.1. The maximum absolute atomic E-state index is 12.7. The van der Waals surface area contributed by atoms with Gasteiger partial charge in [0.1, 0.15) is 18.0 Å². The zero-order valence-electron chi connectivity index (χ0n) is 16.1. The van der Waals surface area contributed by atoms with E-state index in [-0.39, 0.29) is 5.91 Å². The Morgan fingerprint density at radius 1 is 1.41 bits per heavy atom. The molecule has 27 heavy (non-hydrogen) atoms. The summed E-state index contributed by atoms with van der Waals surface area (Å²) in [6, 6.07) is 3.69. The molecule has 0 radical (unpaired) electrons. The number of methoxy groups -OCH3 is 1. The van der Waals surface area contributed by atoms with Crippen LogP contribution in [0.1, 0.15) is 35.9 Å². The van der Waals surface area contributed by atoms with Gasteiger partial charge < -0.3 is 19.5 Å². The Labute approximate surface area is 159 Å². The Morgan fingerprint density at radius 2 is 2.30 bits per heavy atom. The number of anilines is 1. The Balaban J connectivity index is 1.51. The lowest BCUT2D eigenvalue weighted by molar-refractivity contribution is 0.0570. The fourth-order valence-corrected chi connectivity index (χ4v) is 3.47. The number of carbonyl (C=O) groups excluding carboxylic acids is 1. The third kappa shape index (κ3) is 5.03. The number of pyridine rings is 1. The van der Waals surface area contributed by atoms with E-state index < -0.39 is 0 Å². The number of aromatic nitrogens is 4. The van der Waals surface area contributed by atoms with Gasteiger partial charge in [-0.1, -0.05) is 0 Å². The number of hydrogen-bond donors (Lipinski definition) is 1. The van der Waals surface area contributed by atoms with Crippen molar-refractivity contribution in [1.29, 1.82) is 0 Å². The van der Waals surface area contributed by atoms with Gasteiger partial charge in [0.15, 0.2) is 0 Å². The minimum atomic E-state index is 0.0471. The summed E-state index contributed by atoms with van der Waals surface area (Å²) < 4.78 is 7.26. The Hall–Kier alpha value is -2.48. The predicted octanol–water partition coefficient (Wildman–Crippen LogP) is 1.85. The van der Waals surface area contributed by atoms with Crippen LogP contribution < -0.4 is 5.32 Å². The Bertz CT molecular complexity index is 728. The molecule has 1 amide bonds. The predicted molar refractivity (Wildman–Crippen MR) is 103 cm³/mol. The molecule has 1 aliphatic heterocycles. The van der Waals surface area contributed by atoms with E-state index in [9.17, 15) is 4.79 Å². The van der Waals surface area contributed by atoms with Crippen molar-refractivity contribution >= 4 is 11.7 Å². The highest BCUT2D eigenvalue weighted by molar-refractivity contribution is 5.94. The third-order valence-electron chi connectivity index (χ3n) is 4.91. The molecule has 3 heterocycles. The van der Waals surface area contributed by atoms with Gasteiger partial charge in [0, 0.05) is 45.9 Å². The second-order valence-electron chi connectivity index (χ2n) is 6.86. The highest BCUT2D eigenvalue weighted by Crippen LogP contribution is 2.19. The second-order valence-corrected chi connectivity index (χ2v) is 6.86. The summed E-state index contributed by atoms with van der Waals surface area (Å²) in [6.45, 7) is 5.90. The van der Waals surface area contributed by atoms with Crippen molar-refractivity contribution in [3.63, 3.8) is 0 Å². The van der Waals surface area contributed by atoms with Crippen LogP contribution in [0.5, 0.6) is 0 Å². The molecule has 0 saturated carbocycles. The van der Waals surface area contributed by atoms with Gasteiger partial charge in [0.25, 0.3) is 5.91 Å². The van der Waals surface area contributed by atoms with Crippen LogP contribution in [-0.2, 0) is 17.7 Å². The fraction of sp³-hybridized carbons (Fsp3) is 0.579. The van der Waals surface area contributed by atoms with Crippen LogP contribution in [0, 0.1) is 5.92 Å². The SMILES string of the molecule is CCn1cnnc1CCNc1ccc(C(=O)N2CCC[C@@H](COC)C2)cn1. The normalized spacial score (nSPS) is 17.1. The van der Waals surface area contributed by atoms with Crippen molar-refractivity contribution in [2.75, 3.05) is 38.7 Å². The Kier molecular flexibility index (Phi) is 6.75. The fourth-order valence-electron chi connectivity index (χ4n) is 3.47. The van der Waals surface area contributed by atoms with Crippen molar-refractivity contribution in [3.8, 4) is 0 Å². The summed E-state index contributed by atoms with van der Waals surface area (Å²) in [6.07, 6.45) is 6.30. The minimum absolute atomic E-state index is 0.0471. The highest BCUT2D eigenvalue weighted by atomic mass is 16.5. The van der Waals surface area contributed by atoms with Crippen molar-refractivity contribution in [2.45, 2.75) is 32.7 Å². The van der Waals surface area contributed by atoms with Gasteiger partial charge in [-0.25, -0.2) is 4.98 Å². The molecule has 8 nitrogen and oxygen atoms in total. The summed E-state index contributed by atoms with van der Waals surface area (Å²) in [5, 5.41) is 11.3. The number of rotatable bonds is 8. The number of amides is 1. The number of aryl methyl sites for hydroxylation is 1. The number of hydrogen-bond acceptors (Lipinski definition) is 6. The van der Waals surface area contributed by atoms with Crippen molar-refractivity contribution in [3.05, 3.63) is 36.0 Å². The van der Waals surface area contributed by atoms with Gasteiger partial charge in [-0.3, -0.25) is 4.79 Å². The quantitative estimate of drug-likeness (QED) is 0.761. The average molecular weight is 372 g/mol. The van der Waals surface area contributed by atoms with Crippen molar-refractivity contribution < 1.29 is 9.53 Å². The lowest BCUT2D eigenvalue weighted by atomic mass is 9.98. The standard InChI is InChI=1S/C19H28N6O2/c1-3-24-14-22-23-18(24)8-9-20-17-7-6-16(11-21-17)19(26)25-10-4-5-15(12-25)13-27-2/h6-7,11,14-15H,3-5,8-10,12-13H2,1-2H3,(H,20,21)/t15-/m1/s1. The van der Waals surface area contributed by atoms with Gasteiger partial charge in [-0.2, -0.15) is 0 Å². The number of ether oxygens (including phenoxy) is 1. The van der Waals surface area contributed by atoms with E-state index in [1.165, 1.54) is 0 Å². The maximum atomic E-state index is 12.7. The van der Waals surface area contributed by atoms with Gasteiger partial charge in [-0.05, 0) is 37.8 Å². The number of nitrogens with zero attached hydrogens (tertiary/aromatic N) is 5. The molecular formula is C19H28N6O2. The molecule has 0 aromatic carbocycles. The van der Waals surface area contributed by atoms with Crippen LogP contribution >= 0.6 is 0 Å². The maximum Gasteiger partial charge on any atom is 0.255 e. The molecule has 8 heteroatoms. The molecule has 1 N–H and O–H groups in total. The van der Waals surface area contributed by atoms with E-state index in [0.29, 0.717) is 24.6 Å². The third-order valence-corrected chi connectivity index (χ3v) is 4.91. The Morgan fingerprint density at radius 3 is 3.04 bits per heavy atom. The van der Waals surface area contributed by atoms with Gasteiger partial charge in [0.2, 0.25) is 0 Å². The van der Waals surface area contributed by atoms with E-state index in [0.717, 1.165) is 50.5 Å². The first-order valence-electron chi connectivity index (χ1n) is 9.56. The summed E-state index contributed by atoms with van der Waals surface area (Å²) in [5.41, 5.74) is 0.629.